The van der Waals surface area contributed by atoms with Gasteiger partial charge in [0, 0.05) is 12.1 Å². The van der Waals surface area contributed by atoms with Gasteiger partial charge in [0.25, 0.3) is 0 Å². The molecular weight excluding hydrogens is 268 g/mol. The van der Waals surface area contributed by atoms with Gasteiger partial charge in [-0.2, -0.15) is 0 Å². The van der Waals surface area contributed by atoms with Gasteiger partial charge in [0.2, 0.25) is 12.7 Å². The Kier molecular flexibility index (Phi) is 3.03. The van der Waals surface area contributed by atoms with Crippen molar-refractivity contribution in [2.24, 2.45) is 0 Å². The molecule has 0 bridgehead atoms. The second kappa shape index (κ2) is 4.58. The molecule has 6 heteroatoms. The lowest BCUT2D eigenvalue weighted by Crippen LogP contribution is -2.48. The molecule has 5 nitrogen and oxygen atoms in total. The minimum Gasteiger partial charge on any atom is -0.454 e. The Bertz CT molecular complexity index is 527. The van der Waals surface area contributed by atoms with Crippen LogP contribution in [0, 0.1) is 0 Å². The number of benzene rings is 1. The van der Waals surface area contributed by atoms with E-state index in [4.69, 9.17) is 21.1 Å². The average molecular weight is 283 g/mol. The maximum absolute atomic E-state index is 12.3. The number of amides is 1. The fourth-order valence-electron chi connectivity index (χ4n) is 2.36. The third-order valence-electron chi connectivity index (χ3n) is 3.58. The number of fused-ring (bicyclic) bond motifs is 1. The van der Waals surface area contributed by atoms with Crippen molar-refractivity contribution in [3.05, 3.63) is 17.2 Å². The highest BCUT2D eigenvalue weighted by atomic mass is 35.5. The monoisotopic (exact) mass is 282 g/mol. The van der Waals surface area contributed by atoms with Crippen molar-refractivity contribution >= 4 is 23.2 Å². The molecule has 1 aromatic carbocycles. The number of hydrogen-bond acceptors (Lipinski definition) is 4. The quantitative estimate of drug-likeness (QED) is 0.873. The number of nitrogens with one attached hydrogen (secondary N) is 2. The van der Waals surface area contributed by atoms with Gasteiger partial charge in [0.05, 0.1) is 16.2 Å². The van der Waals surface area contributed by atoms with Gasteiger partial charge in [-0.05, 0) is 26.3 Å². The van der Waals surface area contributed by atoms with E-state index >= 15 is 0 Å². The third kappa shape index (κ3) is 2.24. The molecule has 2 heterocycles. The predicted molar refractivity (Wildman–Crippen MR) is 71.8 cm³/mol. The van der Waals surface area contributed by atoms with Crippen LogP contribution in [0.25, 0.3) is 0 Å². The fraction of sp³-hybridized carbons (Fsp3) is 0.462. The van der Waals surface area contributed by atoms with Crippen LogP contribution in [0.1, 0.15) is 19.8 Å². The lowest BCUT2D eigenvalue weighted by Gasteiger charge is -2.23. The molecule has 102 valence electrons. The zero-order valence-corrected chi connectivity index (χ0v) is 11.3. The summed E-state index contributed by atoms with van der Waals surface area (Å²) in [5.41, 5.74) is 0.0190. The summed E-state index contributed by atoms with van der Waals surface area (Å²) in [6.07, 6.45) is 1.82. The normalized spacial score (nSPS) is 24.5. The zero-order valence-electron chi connectivity index (χ0n) is 10.6. The second-order valence-electron chi connectivity index (χ2n) is 5.00. The molecule has 1 saturated heterocycles. The maximum Gasteiger partial charge on any atom is 0.244 e. The summed E-state index contributed by atoms with van der Waals surface area (Å²) >= 11 is 6.13. The van der Waals surface area contributed by atoms with E-state index in [1.807, 2.05) is 6.92 Å². The highest BCUT2D eigenvalue weighted by Crippen LogP contribution is 2.39. The van der Waals surface area contributed by atoms with Crippen molar-refractivity contribution in [3.63, 3.8) is 0 Å². The van der Waals surface area contributed by atoms with Crippen molar-refractivity contribution in [2.75, 3.05) is 18.7 Å². The van der Waals surface area contributed by atoms with Crippen LogP contribution in [-0.2, 0) is 4.79 Å². The van der Waals surface area contributed by atoms with Crippen LogP contribution in [0.5, 0.6) is 11.5 Å². The van der Waals surface area contributed by atoms with Crippen molar-refractivity contribution in [1.29, 1.82) is 0 Å². The van der Waals surface area contributed by atoms with Crippen LogP contribution in [0.15, 0.2) is 12.1 Å². The van der Waals surface area contributed by atoms with Gasteiger partial charge in [0.15, 0.2) is 11.5 Å². The lowest BCUT2D eigenvalue weighted by molar-refractivity contribution is -0.121. The van der Waals surface area contributed by atoms with Gasteiger partial charge in [-0.25, -0.2) is 0 Å². The summed E-state index contributed by atoms with van der Waals surface area (Å²) in [5, 5.41) is 6.51. The number of halogens is 1. The Morgan fingerprint density at radius 3 is 2.84 bits per heavy atom. The van der Waals surface area contributed by atoms with Crippen LogP contribution >= 0.6 is 11.6 Å². The molecule has 2 aliphatic rings. The maximum atomic E-state index is 12.3. The van der Waals surface area contributed by atoms with Crippen molar-refractivity contribution in [2.45, 2.75) is 25.3 Å². The molecule has 3 rings (SSSR count). The Balaban J connectivity index is 1.82. The number of carbonyl (C=O) groups excluding carboxylic acids is 1. The van der Waals surface area contributed by atoms with Crippen LogP contribution in [0.4, 0.5) is 5.69 Å². The molecule has 0 aromatic heterocycles. The predicted octanol–water partition coefficient (Wildman–Crippen LogP) is 2.15. The van der Waals surface area contributed by atoms with Gasteiger partial charge in [0.1, 0.15) is 0 Å². The topological polar surface area (TPSA) is 59.6 Å². The summed E-state index contributed by atoms with van der Waals surface area (Å²) in [5.74, 6) is 1.13. The Morgan fingerprint density at radius 1 is 1.42 bits per heavy atom. The SMILES string of the molecule is CC1(C(=O)Nc2cc3c(cc2Cl)OCO3)CCCN1. The van der Waals surface area contributed by atoms with Gasteiger partial charge in [-0.15, -0.1) is 0 Å². The molecule has 0 saturated carbocycles. The van der Waals surface area contributed by atoms with Gasteiger partial charge in [-0.3, -0.25) is 4.79 Å². The van der Waals surface area contributed by atoms with E-state index in [2.05, 4.69) is 10.6 Å². The van der Waals surface area contributed by atoms with Gasteiger partial charge in [-0.1, -0.05) is 11.6 Å². The summed E-state index contributed by atoms with van der Waals surface area (Å²) in [6, 6.07) is 3.35. The summed E-state index contributed by atoms with van der Waals surface area (Å²) in [6.45, 7) is 2.94. The summed E-state index contributed by atoms with van der Waals surface area (Å²) in [7, 11) is 0. The fourth-order valence-corrected chi connectivity index (χ4v) is 2.56. The molecule has 0 spiro atoms. The Morgan fingerprint density at radius 2 is 2.16 bits per heavy atom. The molecule has 2 aliphatic heterocycles. The number of ether oxygens (including phenoxy) is 2. The van der Waals surface area contributed by atoms with Crippen molar-refractivity contribution in [3.8, 4) is 11.5 Å². The molecule has 19 heavy (non-hydrogen) atoms. The van der Waals surface area contributed by atoms with Gasteiger partial charge >= 0.3 is 0 Å². The third-order valence-corrected chi connectivity index (χ3v) is 3.89. The Labute approximate surface area is 116 Å². The molecule has 2 N–H and O–H groups in total. The van der Waals surface area contributed by atoms with Crippen molar-refractivity contribution in [1.82, 2.24) is 5.32 Å². The summed E-state index contributed by atoms with van der Waals surface area (Å²) in [4.78, 5) is 12.3. The highest BCUT2D eigenvalue weighted by Gasteiger charge is 2.36. The highest BCUT2D eigenvalue weighted by molar-refractivity contribution is 6.34. The number of rotatable bonds is 2. The van der Waals surface area contributed by atoms with E-state index in [1.165, 1.54) is 0 Å². The van der Waals surface area contributed by atoms with Gasteiger partial charge < -0.3 is 20.1 Å². The molecule has 0 radical (unpaired) electrons. The largest absolute Gasteiger partial charge is 0.454 e. The first-order valence-electron chi connectivity index (χ1n) is 6.24. The van der Waals surface area contributed by atoms with Crippen LogP contribution < -0.4 is 20.1 Å². The molecule has 1 fully saturated rings. The summed E-state index contributed by atoms with van der Waals surface area (Å²) < 4.78 is 10.5. The molecule has 1 aromatic rings. The van der Waals surface area contributed by atoms with E-state index in [-0.39, 0.29) is 12.7 Å². The minimum atomic E-state index is -0.528. The first kappa shape index (κ1) is 12.6. The average Bonchev–Trinajstić information content (AvgIpc) is 2.99. The van der Waals surface area contributed by atoms with E-state index < -0.39 is 5.54 Å². The molecule has 1 amide bonds. The van der Waals surface area contributed by atoms with E-state index in [9.17, 15) is 4.79 Å². The molecular formula is C13H15ClN2O3. The van der Waals surface area contributed by atoms with E-state index in [0.29, 0.717) is 22.2 Å². The molecule has 1 unspecified atom stereocenters. The number of hydrogen-bond donors (Lipinski definition) is 2. The lowest BCUT2D eigenvalue weighted by atomic mass is 9.99. The molecule has 1 atom stereocenters. The second-order valence-corrected chi connectivity index (χ2v) is 5.41. The van der Waals surface area contributed by atoms with Crippen LogP contribution in [0.3, 0.4) is 0 Å². The van der Waals surface area contributed by atoms with Crippen molar-refractivity contribution < 1.29 is 14.3 Å². The first-order valence-corrected chi connectivity index (χ1v) is 6.62. The number of anilines is 1. The smallest absolute Gasteiger partial charge is 0.244 e. The minimum absolute atomic E-state index is 0.0780. The van der Waals surface area contributed by atoms with E-state index in [1.54, 1.807) is 12.1 Å². The standard InChI is InChI=1S/C13H15ClN2O3/c1-13(3-2-4-15-13)12(17)16-9-6-11-10(5-8(9)14)18-7-19-11/h5-6,15H,2-4,7H2,1H3,(H,16,17). The first-order chi connectivity index (χ1) is 9.08. The zero-order chi connectivity index (χ0) is 13.5. The Hall–Kier alpha value is -1.46. The molecule has 0 aliphatic carbocycles. The number of carbonyl (C=O) groups is 1. The van der Waals surface area contributed by atoms with E-state index in [0.717, 1.165) is 19.4 Å². The van der Waals surface area contributed by atoms with Crippen LogP contribution in [0.2, 0.25) is 5.02 Å². The van der Waals surface area contributed by atoms with Crippen LogP contribution in [-0.4, -0.2) is 24.8 Å².